The van der Waals surface area contributed by atoms with Gasteiger partial charge in [0.2, 0.25) is 0 Å². The summed E-state index contributed by atoms with van der Waals surface area (Å²) in [7, 11) is 0. The Morgan fingerprint density at radius 3 is 2.47 bits per heavy atom. The number of aliphatic imine (C=N–C) groups is 1. The number of fused-ring (bicyclic) bond motifs is 2. The third kappa shape index (κ3) is 7.55. The molecule has 0 aromatic heterocycles. The van der Waals surface area contributed by atoms with Crippen LogP contribution in [0.3, 0.4) is 0 Å². The van der Waals surface area contributed by atoms with Crippen molar-refractivity contribution < 1.29 is 5.11 Å². The van der Waals surface area contributed by atoms with Gasteiger partial charge in [-0.2, -0.15) is 0 Å². The molecule has 3 nitrogen and oxygen atoms in total. The Hall–Kier alpha value is -0.140. The van der Waals surface area contributed by atoms with E-state index in [2.05, 4.69) is 54.1 Å². The Morgan fingerprint density at radius 1 is 0.930 bits per heavy atom. The van der Waals surface area contributed by atoms with Crippen molar-refractivity contribution in [2.45, 2.75) is 144 Å². The quantitative estimate of drug-likeness (QED) is 0.174. The molecule has 0 amide bonds. The zero-order valence-electron chi connectivity index (χ0n) is 26.4. The molecule has 0 spiro atoms. The lowest BCUT2D eigenvalue weighted by molar-refractivity contribution is 0.00564. The minimum atomic E-state index is -0.477. The van der Waals surface area contributed by atoms with E-state index >= 15 is 0 Å². The molecule has 3 heterocycles. The zero-order valence-corrected chi connectivity index (χ0v) is 29.0. The predicted molar refractivity (Wildman–Crippen MR) is 190 cm³/mol. The largest absolute Gasteiger partial charge is 0.373 e. The number of aliphatic hydroxyl groups excluding tert-OH is 1. The molecule has 43 heavy (non-hydrogen) atoms. The van der Waals surface area contributed by atoms with Crippen molar-refractivity contribution in [1.82, 2.24) is 4.90 Å². The molecule has 0 aromatic rings. The van der Waals surface area contributed by atoms with Gasteiger partial charge in [0.1, 0.15) is 10.9 Å². The van der Waals surface area contributed by atoms with Gasteiger partial charge in [0, 0.05) is 28.3 Å². The van der Waals surface area contributed by atoms with Crippen molar-refractivity contribution in [3.05, 3.63) is 34.1 Å². The lowest BCUT2D eigenvalue weighted by Gasteiger charge is -2.35. The molecule has 1 N–H and O–H groups in total. The Morgan fingerprint density at radius 2 is 1.72 bits per heavy atom. The van der Waals surface area contributed by atoms with E-state index in [1.807, 2.05) is 11.8 Å². The van der Waals surface area contributed by atoms with E-state index in [1.165, 1.54) is 109 Å². The van der Waals surface area contributed by atoms with Crippen LogP contribution in [0, 0.1) is 41.4 Å². The summed E-state index contributed by atoms with van der Waals surface area (Å²) >= 11 is 8.94. The third-order valence-electron chi connectivity index (χ3n) is 12.3. The lowest BCUT2D eigenvalue weighted by atomic mass is 9.80. The first kappa shape index (κ1) is 31.5. The van der Waals surface area contributed by atoms with Crippen molar-refractivity contribution in [2.24, 2.45) is 46.4 Å². The van der Waals surface area contributed by atoms with Crippen LogP contribution in [0.2, 0.25) is 0 Å². The number of hydrogen-bond donors (Lipinski definition) is 2. The van der Waals surface area contributed by atoms with Gasteiger partial charge < -0.3 is 5.11 Å². The van der Waals surface area contributed by atoms with E-state index in [9.17, 15) is 5.11 Å². The fourth-order valence-electron chi connectivity index (χ4n) is 9.46. The Labute approximate surface area is 276 Å². The van der Waals surface area contributed by atoms with Gasteiger partial charge in [-0.3, -0.25) is 4.99 Å². The molecule has 7 aliphatic rings. The number of aliphatic hydroxyl groups is 1. The van der Waals surface area contributed by atoms with Crippen molar-refractivity contribution in [2.75, 3.05) is 0 Å². The molecule has 6 heteroatoms. The molecule has 1 saturated heterocycles. The highest BCUT2D eigenvalue weighted by atomic mass is 32.2. The normalized spacial score (nSPS) is 44.0. The number of allylic oxidation sites excluding steroid dienone is 4. The molecule has 3 aliphatic heterocycles. The van der Waals surface area contributed by atoms with Gasteiger partial charge in [0.15, 0.2) is 0 Å². The summed E-state index contributed by atoms with van der Waals surface area (Å²) in [5.41, 5.74) is 0. The maximum Gasteiger partial charge on any atom is 0.141 e. The van der Waals surface area contributed by atoms with E-state index in [-0.39, 0.29) is 4.71 Å². The molecule has 4 saturated carbocycles. The second-order valence-electron chi connectivity index (χ2n) is 15.4. The number of unbranched alkanes of at least 4 members (excludes halogenated alkanes) is 3. The first-order chi connectivity index (χ1) is 21.0. The molecule has 9 unspecified atom stereocenters. The van der Waals surface area contributed by atoms with Crippen molar-refractivity contribution >= 4 is 42.4 Å². The van der Waals surface area contributed by atoms with E-state index in [0.29, 0.717) is 29.2 Å². The summed E-state index contributed by atoms with van der Waals surface area (Å²) < 4.78 is 0.0801. The molecule has 7 rings (SSSR count). The minimum absolute atomic E-state index is 0.0801. The molecule has 0 radical (unpaired) electrons. The second kappa shape index (κ2) is 14.3. The van der Waals surface area contributed by atoms with E-state index < -0.39 is 6.23 Å². The topological polar surface area (TPSA) is 35.8 Å². The monoisotopic (exact) mass is 640 g/mol. The van der Waals surface area contributed by atoms with Crippen LogP contribution in [-0.4, -0.2) is 44.5 Å². The average Bonchev–Trinajstić information content (AvgIpc) is 3.43. The second-order valence-corrected chi connectivity index (χ2v) is 18.7. The van der Waals surface area contributed by atoms with Gasteiger partial charge in [-0.05, 0) is 91.4 Å². The highest BCUT2D eigenvalue weighted by molar-refractivity contribution is 8.13. The fourth-order valence-corrected chi connectivity index (χ4v) is 12.8. The van der Waals surface area contributed by atoms with Crippen molar-refractivity contribution in [1.29, 1.82) is 0 Å². The highest BCUT2D eigenvalue weighted by Crippen LogP contribution is 2.54. The van der Waals surface area contributed by atoms with Crippen LogP contribution in [0.5, 0.6) is 0 Å². The van der Waals surface area contributed by atoms with Crippen molar-refractivity contribution in [3.63, 3.8) is 0 Å². The van der Waals surface area contributed by atoms with Crippen molar-refractivity contribution in [3.8, 4) is 0 Å². The van der Waals surface area contributed by atoms with Gasteiger partial charge in [-0.1, -0.05) is 101 Å². The first-order valence-electron chi connectivity index (χ1n) is 18.1. The number of nitrogens with zero attached hydrogens (tertiary/aromatic N) is 2. The van der Waals surface area contributed by atoms with Crippen LogP contribution < -0.4 is 0 Å². The summed E-state index contributed by atoms with van der Waals surface area (Å²) in [6.07, 6.45) is 34.7. The molecule has 0 aromatic carbocycles. The highest BCUT2D eigenvalue weighted by Gasteiger charge is 2.49. The Bertz CT molecular complexity index is 1080. The summed E-state index contributed by atoms with van der Waals surface area (Å²) in [6, 6.07) is 1.01. The van der Waals surface area contributed by atoms with Crippen LogP contribution in [0.4, 0.5) is 0 Å². The Balaban J connectivity index is 0.982. The van der Waals surface area contributed by atoms with Gasteiger partial charge in [-0.15, -0.1) is 24.4 Å². The Kier molecular flexibility index (Phi) is 10.5. The average molecular weight is 641 g/mol. The van der Waals surface area contributed by atoms with Gasteiger partial charge >= 0.3 is 0 Å². The maximum atomic E-state index is 11.6. The van der Waals surface area contributed by atoms with Gasteiger partial charge in [0.25, 0.3) is 0 Å². The summed E-state index contributed by atoms with van der Waals surface area (Å²) in [6.45, 7) is 2.43. The number of rotatable bonds is 11. The number of thioether (sulfide) groups is 2. The molecule has 2 bridgehead atoms. The molecule has 9 atom stereocenters. The summed E-state index contributed by atoms with van der Waals surface area (Å²) in [5, 5.41) is 12.1. The molecular formula is C37H56N2OS3. The molecule has 5 fully saturated rings. The molecule has 4 aliphatic carbocycles. The minimum Gasteiger partial charge on any atom is -0.373 e. The van der Waals surface area contributed by atoms with Crippen LogP contribution >= 0.6 is 36.2 Å². The SMILES string of the molecule is CC1CCC(CCCCCCC2C=C(C3C=CC=NC(C4CC4)C3)SC2C=C2SC(S)N(C3CC4CCC3C4)C2O)CC1. The maximum absolute atomic E-state index is 11.6. The third-order valence-corrected chi connectivity index (χ3v) is 15.4. The van der Waals surface area contributed by atoms with Crippen LogP contribution in [-0.2, 0) is 0 Å². The lowest BCUT2D eigenvalue weighted by Crippen LogP contribution is -2.45. The molecule has 238 valence electrons. The smallest absolute Gasteiger partial charge is 0.141 e. The fraction of sp³-hybridized carbons (Fsp3) is 0.811. The summed E-state index contributed by atoms with van der Waals surface area (Å²) in [4.78, 5) is 10.0. The van der Waals surface area contributed by atoms with E-state index in [0.717, 1.165) is 34.5 Å². The van der Waals surface area contributed by atoms with E-state index in [4.69, 9.17) is 17.6 Å². The van der Waals surface area contributed by atoms with E-state index in [1.54, 1.807) is 4.91 Å². The molecular weight excluding hydrogens is 585 g/mol. The van der Waals surface area contributed by atoms with Gasteiger partial charge in [-0.25, -0.2) is 4.90 Å². The summed E-state index contributed by atoms with van der Waals surface area (Å²) in [5.74, 6) is 5.48. The predicted octanol–water partition coefficient (Wildman–Crippen LogP) is 9.85. The van der Waals surface area contributed by atoms with Crippen LogP contribution in [0.25, 0.3) is 0 Å². The number of hydrogen-bond acceptors (Lipinski definition) is 6. The number of thiol groups is 1. The zero-order chi connectivity index (χ0) is 29.3. The van der Waals surface area contributed by atoms with Crippen LogP contribution in [0.15, 0.2) is 39.1 Å². The standard InChI is InChI=1S/C37H56N2OS3/c1-24-10-12-25(13-11-24)7-4-2-3-5-8-30-22-33(29-9-6-18-38-31(21-29)27-16-17-27)42-34(30)23-35-36(40)39(37(41)43-35)32-20-26-14-15-28(32)19-26/h6,9,18,22-32,34,36-37,40-41H,2-5,7-8,10-17,19-21H2,1H3. The first-order valence-corrected chi connectivity index (χ1v) is 20.4. The van der Waals surface area contributed by atoms with Gasteiger partial charge in [0.05, 0.1) is 6.04 Å². The van der Waals surface area contributed by atoms with Crippen LogP contribution in [0.1, 0.15) is 116 Å².